The van der Waals surface area contributed by atoms with Gasteiger partial charge in [0.25, 0.3) is 0 Å². The molecule has 0 aliphatic carbocycles. The van der Waals surface area contributed by atoms with Crippen LogP contribution in [0.15, 0.2) is 24.4 Å². The Hall–Kier alpha value is -0.930. The van der Waals surface area contributed by atoms with E-state index in [1.165, 1.54) is 0 Å². The highest BCUT2D eigenvalue weighted by Gasteiger charge is 2.18. The van der Waals surface area contributed by atoms with E-state index >= 15 is 0 Å². The van der Waals surface area contributed by atoms with Gasteiger partial charge in [0.2, 0.25) is 0 Å². The molecule has 3 heteroatoms. The molecule has 0 fully saturated rings. The van der Waals surface area contributed by atoms with Gasteiger partial charge in [0, 0.05) is 24.8 Å². The first kappa shape index (κ1) is 13.1. The van der Waals surface area contributed by atoms with Gasteiger partial charge >= 0.3 is 0 Å². The molecular formula is C13H23N3. The quantitative estimate of drug-likeness (QED) is 0.795. The maximum absolute atomic E-state index is 4.36. The Morgan fingerprint density at radius 3 is 2.62 bits per heavy atom. The summed E-state index contributed by atoms with van der Waals surface area (Å²) in [5, 5.41) is 3.33. The van der Waals surface area contributed by atoms with Crippen molar-refractivity contribution in [3.8, 4) is 0 Å². The van der Waals surface area contributed by atoms with Gasteiger partial charge in [-0.3, -0.25) is 9.88 Å². The highest BCUT2D eigenvalue weighted by molar-refractivity contribution is 5.03. The molecule has 1 rings (SSSR count). The van der Waals surface area contributed by atoms with Crippen LogP contribution in [0.4, 0.5) is 0 Å². The van der Waals surface area contributed by atoms with Gasteiger partial charge in [-0.2, -0.15) is 0 Å². The molecule has 0 spiro atoms. The monoisotopic (exact) mass is 221 g/mol. The first-order valence-electron chi connectivity index (χ1n) is 5.88. The Labute approximate surface area is 98.9 Å². The molecule has 0 aliphatic rings. The van der Waals surface area contributed by atoms with Crippen LogP contribution >= 0.6 is 0 Å². The molecule has 0 unspecified atom stereocenters. The van der Waals surface area contributed by atoms with Gasteiger partial charge in [-0.05, 0) is 39.6 Å². The van der Waals surface area contributed by atoms with Crippen molar-refractivity contribution >= 4 is 0 Å². The largest absolute Gasteiger partial charge is 0.314 e. The standard InChI is InChI=1S/C13H23N3/c1-5-16(11-13(2,3)14-4)10-12-8-6-7-9-15-12/h6-9,14H,5,10-11H2,1-4H3. The Kier molecular flexibility index (Phi) is 4.90. The molecule has 1 aromatic heterocycles. The molecule has 1 N–H and O–H groups in total. The van der Waals surface area contributed by atoms with E-state index in [0.29, 0.717) is 0 Å². The first-order valence-corrected chi connectivity index (χ1v) is 5.88. The normalized spacial score (nSPS) is 12.1. The average Bonchev–Trinajstić information content (AvgIpc) is 2.29. The van der Waals surface area contributed by atoms with Crippen molar-refractivity contribution in [1.29, 1.82) is 0 Å². The minimum atomic E-state index is 0.144. The molecule has 1 aromatic rings. The summed E-state index contributed by atoms with van der Waals surface area (Å²) in [5.41, 5.74) is 1.28. The topological polar surface area (TPSA) is 28.2 Å². The van der Waals surface area contributed by atoms with Gasteiger partial charge in [0.1, 0.15) is 0 Å². The predicted octanol–water partition coefficient (Wildman–Crippen LogP) is 1.90. The molecule has 90 valence electrons. The number of pyridine rings is 1. The Bertz CT molecular complexity index is 295. The zero-order chi connectivity index (χ0) is 12.0. The van der Waals surface area contributed by atoms with Crippen LogP contribution in [0, 0.1) is 0 Å². The number of rotatable bonds is 6. The predicted molar refractivity (Wildman–Crippen MR) is 68.3 cm³/mol. The number of hydrogen-bond donors (Lipinski definition) is 1. The Morgan fingerprint density at radius 2 is 2.12 bits per heavy atom. The second-order valence-electron chi connectivity index (χ2n) is 4.76. The van der Waals surface area contributed by atoms with Crippen molar-refractivity contribution in [2.75, 3.05) is 20.1 Å². The Morgan fingerprint density at radius 1 is 1.38 bits per heavy atom. The fourth-order valence-electron chi connectivity index (χ4n) is 1.64. The fraction of sp³-hybridized carbons (Fsp3) is 0.615. The molecule has 0 saturated carbocycles. The van der Waals surface area contributed by atoms with Crippen molar-refractivity contribution in [3.63, 3.8) is 0 Å². The molecule has 0 radical (unpaired) electrons. The van der Waals surface area contributed by atoms with Crippen molar-refractivity contribution in [1.82, 2.24) is 15.2 Å². The summed E-state index contributed by atoms with van der Waals surface area (Å²) in [4.78, 5) is 6.76. The molecule has 0 amide bonds. The summed E-state index contributed by atoms with van der Waals surface area (Å²) in [6.07, 6.45) is 1.85. The lowest BCUT2D eigenvalue weighted by atomic mass is 10.1. The van der Waals surface area contributed by atoms with Crippen LogP contribution in [-0.4, -0.2) is 35.6 Å². The molecule has 0 saturated heterocycles. The van der Waals surface area contributed by atoms with E-state index in [9.17, 15) is 0 Å². The van der Waals surface area contributed by atoms with E-state index in [1.54, 1.807) is 0 Å². The third-order valence-corrected chi connectivity index (χ3v) is 2.85. The summed E-state index contributed by atoms with van der Waals surface area (Å²) < 4.78 is 0. The van der Waals surface area contributed by atoms with Crippen molar-refractivity contribution in [2.24, 2.45) is 0 Å². The average molecular weight is 221 g/mol. The zero-order valence-corrected chi connectivity index (χ0v) is 10.8. The molecule has 0 aromatic carbocycles. The van der Waals surface area contributed by atoms with Gasteiger partial charge in [-0.1, -0.05) is 13.0 Å². The smallest absolute Gasteiger partial charge is 0.0543 e. The second-order valence-corrected chi connectivity index (χ2v) is 4.76. The van der Waals surface area contributed by atoms with E-state index in [-0.39, 0.29) is 5.54 Å². The lowest BCUT2D eigenvalue weighted by Crippen LogP contribution is -2.47. The number of nitrogens with zero attached hydrogens (tertiary/aromatic N) is 2. The van der Waals surface area contributed by atoms with Crippen LogP contribution in [0.1, 0.15) is 26.5 Å². The van der Waals surface area contributed by atoms with Crippen LogP contribution < -0.4 is 5.32 Å². The van der Waals surface area contributed by atoms with Gasteiger partial charge in [-0.15, -0.1) is 0 Å². The van der Waals surface area contributed by atoms with Crippen LogP contribution in [-0.2, 0) is 6.54 Å². The first-order chi connectivity index (χ1) is 7.57. The third-order valence-electron chi connectivity index (χ3n) is 2.85. The number of likely N-dealkylation sites (N-methyl/N-ethyl adjacent to an activating group) is 2. The third kappa shape index (κ3) is 4.29. The summed E-state index contributed by atoms with van der Waals surface area (Å²) in [5.74, 6) is 0. The molecule has 0 bridgehead atoms. The lowest BCUT2D eigenvalue weighted by molar-refractivity contribution is 0.206. The summed E-state index contributed by atoms with van der Waals surface area (Å²) in [6.45, 7) is 9.61. The lowest BCUT2D eigenvalue weighted by Gasteiger charge is -2.31. The van der Waals surface area contributed by atoms with E-state index in [4.69, 9.17) is 0 Å². The zero-order valence-electron chi connectivity index (χ0n) is 10.8. The molecule has 0 atom stereocenters. The highest BCUT2D eigenvalue weighted by atomic mass is 15.2. The van der Waals surface area contributed by atoms with E-state index in [0.717, 1.165) is 25.3 Å². The Balaban J connectivity index is 2.56. The maximum Gasteiger partial charge on any atom is 0.0543 e. The molecule has 0 aliphatic heterocycles. The SMILES string of the molecule is CCN(Cc1ccccn1)CC(C)(C)NC. The van der Waals surface area contributed by atoms with Crippen LogP contribution in [0.2, 0.25) is 0 Å². The number of hydrogen-bond acceptors (Lipinski definition) is 3. The maximum atomic E-state index is 4.36. The van der Waals surface area contributed by atoms with Gasteiger partial charge in [0.15, 0.2) is 0 Å². The molecule has 16 heavy (non-hydrogen) atoms. The van der Waals surface area contributed by atoms with Crippen molar-refractivity contribution < 1.29 is 0 Å². The van der Waals surface area contributed by atoms with Crippen LogP contribution in [0.3, 0.4) is 0 Å². The number of nitrogens with one attached hydrogen (secondary N) is 1. The molecule has 3 nitrogen and oxygen atoms in total. The van der Waals surface area contributed by atoms with Crippen molar-refractivity contribution in [3.05, 3.63) is 30.1 Å². The van der Waals surface area contributed by atoms with Gasteiger partial charge < -0.3 is 5.32 Å². The summed E-state index contributed by atoms with van der Waals surface area (Å²) in [6, 6.07) is 6.08. The van der Waals surface area contributed by atoms with Gasteiger partial charge in [-0.25, -0.2) is 0 Å². The fourth-order valence-corrected chi connectivity index (χ4v) is 1.64. The summed E-state index contributed by atoms with van der Waals surface area (Å²) >= 11 is 0. The van der Waals surface area contributed by atoms with E-state index in [1.807, 2.05) is 25.4 Å². The van der Waals surface area contributed by atoms with Crippen molar-refractivity contribution in [2.45, 2.75) is 32.9 Å². The minimum absolute atomic E-state index is 0.144. The molecule has 1 heterocycles. The van der Waals surface area contributed by atoms with Gasteiger partial charge in [0.05, 0.1) is 5.69 Å². The minimum Gasteiger partial charge on any atom is -0.314 e. The van der Waals surface area contributed by atoms with Crippen LogP contribution in [0.25, 0.3) is 0 Å². The summed E-state index contributed by atoms with van der Waals surface area (Å²) in [7, 11) is 2.01. The number of aromatic nitrogens is 1. The highest BCUT2D eigenvalue weighted by Crippen LogP contribution is 2.08. The molecular weight excluding hydrogens is 198 g/mol. The van der Waals surface area contributed by atoms with E-state index < -0.39 is 0 Å². The van der Waals surface area contributed by atoms with E-state index in [2.05, 4.69) is 42.0 Å². The second kappa shape index (κ2) is 5.97. The van der Waals surface area contributed by atoms with Crippen LogP contribution in [0.5, 0.6) is 0 Å².